The molecule has 31 heavy (non-hydrogen) atoms. The van der Waals surface area contributed by atoms with Crippen LogP contribution in [0.3, 0.4) is 0 Å². The third-order valence-electron chi connectivity index (χ3n) is 4.29. The van der Waals surface area contributed by atoms with E-state index in [2.05, 4.69) is 10.6 Å². The highest BCUT2D eigenvalue weighted by Crippen LogP contribution is 2.20. The number of para-hydroxylation sites is 1. The van der Waals surface area contributed by atoms with Crippen molar-refractivity contribution in [1.82, 2.24) is 0 Å². The van der Waals surface area contributed by atoms with Gasteiger partial charge in [-0.1, -0.05) is 24.3 Å². The summed E-state index contributed by atoms with van der Waals surface area (Å²) in [4.78, 5) is 35.4. The number of nitro groups is 1. The summed E-state index contributed by atoms with van der Waals surface area (Å²) < 4.78 is 5.09. The molecule has 8 nitrogen and oxygen atoms in total. The lowest BCUT2D eigenvalue weighted by atomic mass is 10.1. The summed E-state index contributed by atoms with van der Waals surface area (Å²) in [7, 11) is 1.56. The van der Waals surface area contributed by atoms with Crippen LogP contribution in [0.4, 0.5) is 17.1 Å². The molecule has 0 heterocycles. The molecule has 8 heteroatoms. The highest BCUT2D eigenvalue weighted by atomic mass is 16.6. The van der Waals surface area contributed by atoms with E-state index in [4.69, 9.17) is 4.74 Å². The molecule has 2 amide bonds. The van der Waals surface area contributed by atoms with Crippen LogP contribution in [-0.2, 0) is 4.79 Å². The van der Waals surface area contributed by atoms with Gasteiger partial charge in [-0.15, -0.1) is 0 Å². The molecule has 0 radical (unpaired) electrons. The van der Waals surface area contributed by atoms with Gasteiger partial charge in [0.05, 0.1) is 23.3 Å². The van der Waals surface area contributed by atoms with Gasteiger partial charge in [-0.25, -0.2) is 0 Å². The Morgan fingerprint density at radius 3 is 2.42 bits per heavy atom. The fraction of sp³-hybridized carbons (Fsp3) is 0.0435. The van der Waals surface area contributed by atoms with Crippen LogP contribution in [0.1, 0.15) is 15.9 Å². The number of nitro benzene ring substituents is 1. The maximum atomic E-state index is 12.7. The van der Waals surface area contributed by atoms with Crippen LogP contribution in [0.2, 0.25) is 0 Å². The van der Waals surface area contributed by atoms with Crippen LogP contribution >= 0.6 is 0 Å². The maximum Gasteiger partial charge on any atom is 0.270 e. The predicted octanol–water partition coefficient (Wildman–Crippen LogP) is 4.51. The Bertz CT molecular complexity index is 1140. The summed E-state index contributed by atoms with van der Waals surface area (Å²) in [6, 6.07) is 19.4. The van der Waals surface area contributed by atoms with Gasteiger partial charge in [0.15, 0.2) is 0 Å². The smallest absolute Gasteiger partial charge is 0.270 e. The average molecular weight is 417 g/mol. The number of hydrogen-bond donors (Lipinski definition) is 2. The molecule has 0 saturated heterocycles. The Balaban J connectivity index is 1.70. The second kappa shape index (κ2) is 9.84. The molecule has 0 spiro atoms. The first-order valence-electron chi connectivity index (χ1n) is 9.24. The van der Waals surface area contributed by atoms with Crippen LogP contribution < -0.4 is 15.4 Å². The second-order valence-corrected chi connectivity index (χ2v) is 6.40. The molecule has 0 aliphatic heterocycles. The summed E-state index contributed by atoms with van der Waals surface area (Å²) in [6.45, 7) is 0. The zero-order valence-corrected chi connectivity index (χ0v) is 16.6. The molecule has 0 saturated carbocycles. The summed E-state index contributed by atoms with van der Waals surface area (Å²) in [5.74, 6) is -0.193. The van der Waals surface area contributed by atoms with Gasteiger partial charge >= 0.3 is 0 Å². The monoisotopic (exact) mass is 417 g/mol. The predicted molar refractivity (Wildman–Crippen MR) is 118 cm³/mol. The first-order valence-corrected chi connectivity index (χ1v) is 9.24. The van der Waals surface area contributed by atoms with Gasteiger partial charge in [0.1, 0.15) is 5.75 Å². The number of carbonyl (C=O) groups is 2. The Morgan fingerprint density at radius 1 is 0.968 bits per heavy atom. The minimum atomic E-state index is -0.505. The van der Waals surface area contributed by atoms with Crippen LogP contribution in [-0.4, -0.2) is 23.8 Å². The molecule has 0 fully saturated rings. The molecule has 3 aromatic carbocycles. The molecule has 0 bridgehead atoms. The lowest BCUT2D eigenvalue weighted by Crippen LogP contribution is -2.17. The molecule has 0 aliphatic carbocycles. The SMILES string of the molecule is COc1ccc(NC(=O)c2ccccc2NC(=O)/C=C/c2cccc([N+](=O)[O-])c2)cc1. The van der Waals surface area contributed by atoms with Gasteiger partial charge in [-0.05, 0) is 48.0 Å². The lowest BCUT2D eigenvalue weighted by molar-refractivity contribution is -0.384. The van der Waals surface area contributed by atoms with Gasteiger partial charge in [-0.3, -0.25) is 19.7 Å². The molecule has 0 unspecified atom stereocenters. The van der Waals surface area contributed by atoms with Crippen molar-refractivity contribution in [2.24, 2.45) is 0 Å². The van der Waals surface area contributed by atoms with E-state index in [-0.39, 0.29) is 17.2 Å². The van der Waals surface area contributed by atoms with Crippen molar-refractivity contribution in [2.45, 2.75) is 0 Å². The number of anilines is 2. The van der Waals surface area contributed by atoms with Gasteiger partial charge < -0.3 is 15.4 Å². The summed E-state index contributed by atoms with van der Waals surface area (Å²) >= 11 is 0. The Kier molecular flexibility index (Phi) is 6.74. The first-order chi connectivity index (χ1) is 15.0. The summed E-state index contributed by atoms with van der Waals surface area (Å²) in [6.07, 6.45) is 2.71. The molecule has 0 aliphatic rings. The highest BCUT2D eigenvalue weighted by Gasteiger charge is 2.13. The number of ether oxygens (including phenoxy) is 1. The van der Waals surface area contributed by atoms with Crippen molar-refractivity contribution in [3.8, 4) is 5.75 Å². The number of nitrogens with one attached hydrogen (secondary N) is 2. The molecule has 0 aromatic heterocycles. The van der Waals surface area contributed by atoms with Crippen molar-refractivity contribution >= 4 is 35.0 Å². The van der Waals surface area contributed by atoms with E-state index in [1.807, 2.05) is 0 Å². The third-order valence-corrected chi connectivity index (χ3v) is 4.29. The topological polar surface area (TPSA) is 111 Å². The molecule has 2 N–H and O–H groups in total. The number of amides is 2. The Morgan fingerprint density at radius 2 is 1.71 bits per heavy atom. The highest BCUT2D eigenvalue weighted by molar-refractivity contribution is 6.11. The van der Waals surface area contributed by atoms with E-state index in [0.717, 1.165) is 0 Å². The number of methoxy groups -OCH3 is 1. The number of benzene rings is 3. The van der Waals surface area contributed by atoms with E-state index in [1.54, 1.807) is 61.7 Å². The van der Waals surface area contributed by atoms with Crippen molar-refractivity contribution in [1.29, 1.82) is 0 Å². The van der Waals surface area contributed by atoms with Gasteiger partial charge in [0.2, 0.25) is 5.91 Å². The maximum absolute atomic E-state index is 12.7. The quantitative estimate of drug-likeness (QED) is 0.334. The molecular formula is C23H19N3O5. The fourth-order valence-electron chi connectivity index (χ4n) is 2.75. The van der Waals surface area contributed by atoms with Crippen molar-refractivity contribution < 1.29 is 19.2 Å². The van der Waals surface area contributed by atoms with Crippen LogP contribution in [0.5, 0.6) is 5.75 Å². The average Bonchev–Trinajstić information content (AvgIpc) is 2.78. The standard InChI is InChI=1S/C23H19N3O5/c1-31-19-12-10-17(11-13-19)24-23(28)20-7-2-3-8-21(20)25-22(27)14-9-16-5-4-6-18(15-16)26(29)30/h2-15H,1H3,(H,24,28)(H,25,27)/b14-9+. The second-order valence-electron chi connectivity index (χ2n) is 6.40. The van der Waals surface area contributed by atoms with Crippen LogP contribution in [0.15, 0.2) is 78.9 Å². The molecule has 0 atom stereocenters. The zero-order valence-electron chi connectivity index (χ0n) is 16.6. The normalized spacial score (nSPS) is 10.5. The number of carbonyl (C=O) groups excluding carboxylic acids is 2. The Hall–Kier alpha value is -4.46. The number of hydrogen-bond acceptors (Lipinski definition) is 5. The van der Waals surface area contributed by atoms with Gasteiger partial charge in [0.25, 0.3) is 11.6 Å². The largest absolute Gasteiger partial charge is 0.497 e. The number of nitrogens with zero attached hydrogens (tertiary/aromatic N) is 1. The zero-order chi connectivity index (χ0) is 22.2. The van der Waals surface area contributed by atoms with Crippen LogP contribution in [0.25, 0.3) is 6.08 Å². The van der Waals surface area contributed by atoms with Crippen molar-refractivity contribution in [3.05, 3.63) is 100 Å². The molecular weight excluding hydrogens is 398 g/mol. The van der Waals surface area contributed by atoms with E-state index < -0.39 is 10.8 Å². The van der Waals surface area contributed by atoms with Crippen molar-refractivity contribution in [2.75, 3.05) is 17.7 Å². The third kappa shape index (κ3) is 5.77. The fourth-order valence-corrected chi connectivity index (χ4v) is 2.75. The minimum Gasteiger partial charge on any atom is -0.497 e. The van der Waals surface area contributed by atoms with E-state index >= 15 is 0 Å². The van der Waals surface area contributed by atoms with E-state index in [0.29, 0.717) is 22.7 Å². The molecule has 3 aromatic rings. The molecule has 156 valence electrons. The van der Waals surface area contributed by atoms with E-state index in [9.17, 15) is 19.7 Å². The van der Waals surface area contributed by atoms with Crippen molar-refractivity contribution in [3.63, 3.8) is 0 Å². The van der Waals surface area contributed by atoms with Gasteiger partial charge in [-0.2, -0.15) is 0 Å². The Labute approximate surface area is 178 Å². The van der Waals surface area contributed by atoms with Crippen LogP contribution in [0, 0.1) is 10.1 Å². The first kappa shape index (κ1) is 21.3. The minimum absolute atomic E-state index is 0.0666. The van der Waals surface area contributed by atoms with Gasteiger partial charge in [0, 0.05) is 23.9 Å². The lowest BCUT2D eigenvalue weighted by Gasteiger charge is -2.11. The molecule has 3 rings (SSSR count). The van der Waals surface area contributed by atoms with E-state index in [1.165, 1.54) is 30.4 Å². The summed E-state index contributed by atoms with van der Waals surface area (Å²) in [5.41, 5.74) is 1.65. The number of rotatable bonds is 7. The number of non-ortho nitro benzene ring substituents is 1. The summed E-state index contributed by atoms with van der Waals surface area (Å²) in [5, 5.41) is 16.3.